The maximum absolute atomic E-state index is 12.0. The van der Waals surface area contributed by atoms with Crippen molar-refractivity contribution in [3.63, 3.8) is 0 Å². The third-order valence-corrected chi connectivity index (χ3v) is 4.18. The zero-order valence-corrected chi connectivity index (χ0v) is 16.9. The molecule has 6 heteroatoms. The number of carbonyl (C=O) groups excluding carboxylic acids is 1. The molecule has 0 fully saturated rings. The third-order valence-electron chi connectivity index (χ3n) is 3.68. The lowest BCUT2D eigenvalue weighted by molar-refractivity contribution is -0.123. The highest BCUT2D eigenvalue weighted by Crippen LogP contribution is 2.32. The molecule has 0 aliphatic heterocycles. The van der Waals surface area contributed by atoms with Crippen LogP contribution in [0.2, 0.25) is 0 Å². The molecule has 2 rings (SSSR count). The van der Waals surface area contributed by atoms with Gasteiger partial charge in [0.05, 0.1) is 6.21 Å². The summed E-state index contributed by atoms with van der Waals surface area (Å²) >= 11 is 3.32. The van der Waals surface area contributed by atoms with Gasteiger partial charge in [0.2, 0.25) is 0 Å². The van der Waals surface area contributed by atoms with Crippen LogP contribution in [0.25, 0.3) is 0 Å². The predicted molar refractivity (Wildman–Crippen MR) is 107 cm³/mol. The van der Waals surface area contributed by atoms with Crippen LogP contribution in [0.3, 0.4) is 0 Å². The van der Waals surface area contributed by atoms with E-state index >= 15 is 0 Å². The van der Waals surface area contributed by atoms with Gasteiger partial charge < -0.3 is 9.84 Å². The van der Waals surface area contributed by atoms with Crippen LogP contribution < -0.4 is 10.2 Å². The molecule has 5 nitrogen and oxygen atoms in total. The van der Waals surface area contributed by atoms with Gasteiger partial charge >= 0.3 is 0 Å². The van der Waals surface area contributed by atoms with E-state index < -0.39 is 0 Å². The van der Waals surface area contributed by atoms with E-state index in [9.17, 15) is 9.90 Å². The number of amides is 1. The molecule has 2 aromatic carbocycles. The molecule has 0 radical (unpaired) electrons. The summed E-state index contributed by atoms with van der Waals surface area (Å²) in [4.78, 5) is 12.0. The lowest BCUT2D eigenvalue weighted by Gasteiger charge is -2.23. The van der Waals surface area contributed by atoms with Crippen LogP contribution in [0, 0.1) is 6.92 Å². The van der Waals surface area contributed by atoms with Crippen molar-refractivity contribution in [2.45, 2.75) is 33.1 Å². The molecule has 0 saturated carbocycles. The van der Waals surface area contributed by atoms with Gasteiger partial charge in [-0.3, -0.25) is 4.79 Å². The molecule has 1 amide bonds. The van der Waals surface area contributed by atoms with Gasteiger partial charge in [0.1, 0.15) is 11.5 Å². The second-order valence-electron chi connectivity index (χ2n) is 7.03. The average Bonchev–Trinajstić information content (AvgIpc) is 2.56. The van der Waals surface area contributed by atoms with Gasteiger partial charge in [0, 0.05) is 10.0 Å². The predicted octanol–water partition coefficient (Wildman–Crippen LogP) is 4.29. The molecular weight excluding hydrogens is 396 g/mol. The highest BCUT2D eigenvalue weighted by atomic mass is 79.9. The summed E-state index contributed by atoms with van der Waals surface area (Å²) in [5.41, 5.74) is 4.99. The van der Waals surface area contributed by atoms with Crippen molar-refractivity contribution in [3.05, 3.63) is 57.6 Å². The van der Waals surface area contributed by atoms with E-state index in [2.05, 4.69) is 53.3 Å². The van der Waals surface area contributed by atoms with Gasteiger partial charge in [0.15, 0.2) is 6.61 Å². The lowest BCUT2D eigenvalue weighted by Crippen LogP contribution is -2.25. The van der Waals surface area contributed by atoms with E-state index in [-0.39, 0.29) is 23.7 Å². The Morgan fingerprint density at radius 3 is 2.69 bits per heavy atom. The normalized spacial score (nSPS) is 11.6. The van der Waals surface area contributed by atoms with Gasteiger partial charge in [-0.2, -0.15) is 5.10 Å². The molecule has 2 N–H and O–H groups in total. The monoisotopic (exact) mass is 418 g/mol. The number of nitrogens with zero attached hydrogens (tertiary/aromatic N) is 1. The van der Waals surface area contributed by atoms with Crippen LogP contribution in [-0.2, 0) is 10.2 Å². The minimum absolute atomic E-state index is 0.0805. The summed E-state index contributed by atoms with van der Waals surface area (Å²) in [5, 5.41) is 13.6. The van der Waals surface area contributed by atoms with Crippen LogP contribution in [0.4, 0.5) is 0 Å². The summed E-state index contributed by atoms with van der Waals surface area (Å²) in [7, 11) is 0. The number of nitrogens with one attached hydrogen (secondary N) is 1. The van der Waals surface area contributed by atoms with Gasteiger partial charge in [0.25, 0.3) is 5.91 Å². The fourth-order valence-electron chi connectivity index (χ4n) is 2.33. The molecule has 2 aromatic rings. The first-order valence-electron chi connectivity index (χ1n) is 8.21. The maximum Gasteiger partial charge on any atom is 0.277 e. The molecule has 0 saturated heterocycles. The van der Waals surface area contributed by atoms with Gasteiger partial charge in [-0.05, 0) is 42.2 Å². The van der Waals surface area contributed by atoms with E-state index in [0.29, 0.717) is 11.3 Å². The van der Waals surface area contributed by atoms with Crippen LogP contribution in [0.5, 0.6) is 11.5 Å². The number of hydrogen-bond acceptors (Lipinski definition) is 4. The number of phenols is 1. The Balaban J connectivity index is 1.97. The van der Waals surface area contributed by atoms with Crippen LogP contribution >= 0.6 is 15.9 Å². The molecule has 138 valence electrons. The number of benzene rings is 2. The van der Waals surface area contributed by atoms with Crippen LogP contribution in [0.15, 0.2) is 46.0 Å². The second-order valence-corrected chi connectivity index (χ2v) is 7.95. The number of rotatable bonds is 5. The first-order chi connectivity index (χ1) is 12.2. The summed E-state index contributed by atoms with van der Waals surface area (Å²) in [5.74, 6) is 0.389. The zero-order valence-electron chi connectivity index (χ0n) is 15.3. The molecule has 0 spiro atoms. The standard InChI is InChI=1S/C20H23BrN2O3/c1-13-5-8-18(16(9-13)20(2,3)4)26-12-19(25)23-22-11-14-10-15(21)6-7-17(14)24/h5-11,24H,12H2,1-4H3,(H,23,25)/b22-11+. The van der Waals surface area contributed by atoms with Crippen molar-refractivity contribution in [2.75, 3.05) is 6.61 Å². The van der Waals surface area contributed by atoms with Crippen molar-refractivity contribution in [2.24, 2.45) is 5.10 Å². The van der Waals surface area contributed by atoms with Crippen LogP contribution in [-0.4, -0.2) is 23.8 Å². The van der Waals surface area contributed by atoms with Crippen molar-refractivity contribution < 1.29 is 14.6 Å². The average molecular weight is 419 g/mol. The summed E-state index contributed by atoms with van der Waals surface area (Å²) in [6.07, 6.45) is 1.38. The first-order valence-corrected chi connectivity index (χ1v) is 9.00. The number of hydrogen-bond donors (Lipinski definition) is 2. The molecule has 26 heavy (non-hydrogen) atoms. The summed E-state index contributed by atoms with van der Waals surface area (Å²) in [6.45, 7) is 8.18. The first kappa shape index (κ1) is 20.0. The molecule has 0 atom stereocenters. The Morgan fingerprint density at radius 1 is 1.27 bits per heavy atom. The van der Waals surface area contributed by atoms with Crippen molar-refractivity contribution in [1.82, 2.24) is 5.43 Å². The number of phenolic OH excluding ortho intramolecular Hbond substituents is 1. The second kappa shape index (κ2) is 8.36. The lowest BCUT2D eigenvalue weighted by atomic mass is 9.85. The topological polar surface area (TPSA) is 70.9 Å². The summed E-state index contributed by atoms with van der Waals surface area (Å²) < 4.78 is 6.49. The fourth-order valence-corrected chi connectivity index (χ4v) is 2.71. The Bertz CT molecular complexity index is 826. The Kier molecular flexibility index (Phi) is 6.42. The SMILES string of the molecule is Cc1ccc(OCC(=O)N/N=C/c2cc(Br)ccc2O)c(C(C)(C)C)c1. The van der Waals surface area contributed by atoms with E-state index in [1.54, 1.807) is 18.2 Å². The Labute approximate surface area is 162 Å². The molecule has 0 aliphatic rings. The highest BCUT2D eigenvalue weighted by Gasteiger charge is 2.19. The molecule has 0 aromatic heterocycles. The Hall–Kier alpha value is -2.34. The molecule has 0 aliphatic carbocycles. The number of aromatic hydroxyl groups is 1. The van der Waals surface area contributed by atoms with E-state index in [0.717, 1.165) is 15.6 Å². The van der Waals surface area contributed by atoms with Crippen molar-refractivity contribution >= 4 is 28.1 Å². The molecule has 0 bridgehead atoms. The van der Waals surface area contributed by atoms with Crippen LogP contribution in [0.1, 0.15) is 37.5 Å². The largest absolute Gasteiger partial charge is 0.507 e. The van der Waals surface area contributed by atoms with Crippen molar-refractivity contribution in [3.8, 4) is 11.5 Å². The number of hydrazone groups is 1. The molecule has 0 unspecified atom stereocenters. The minimum atomic E-state index is -0.379. The van der Waals surface area contributed by atoms with E-state index in [1.165, 1.54) is 6.21 Å². The summed E-state index contributed by atoms with van der Waals surface area (Å²) in [6, 6.07) is 10.9. The number of ether oxygens (including phenoxy) is 1. The van der Waals surface area contributed by atoms with Crippen molar-refractivity contribution in [1.29, 1.82) is 0 Å². The fraction of sp³-hybridized carbons (Fsp3) is 0.300. The van der Waals surface area contributed by atoms with E-state index in [1.807, 2.05) is 19.1 Å². The third kappa shape index (κ3) is 5.59. The Morgan fingerprint density at radius 2 is 2.00 bits per heavy atom. The smallest absolute Gasteiger partial charge is 0.277 e. The number of aryl methyl sites for hydroxylation is 1. The van der Waals surface area contributed by atoms with Gasteiger partial charge in [-0.15, -0.1) is 0 Å². The quantitative estimate of drug-likeness (QED) is 0.561. The van der Waals surface area contributed by atoms with Gasteiger partial charge in [-0.1, -0.05) is 54.4 Å². The minimum Gasteiger partial charge on any atom is -0.507 e. The number of carbonyl (C=O) groups is 1. The number of halogens is 1. The molecular formula is C20H23BrN2O3. The highest BCUT2D eigenvalue weighted by molar-refractivity contribution is 9.10. The van der Waals surface area contributed by atoms with E-state index in [4.69, 9.17) is 4.74 Å². The molecule has 0 heterocycles. The van der Waals surface area contributed by atoms with Gasteiger partial charge in [-0.25, -0.2) is 5.43 Å². The zero-order chi connectivity index (χ0) is 19.3. The maximum atomic E-state index is 12.0.